The molecule has 1 saturated heterocycles. The topological polar surface area (TPSA) is 32.3 Å². The molecule has 1 aliphatic heterocycles. The number of rotatable bonds is 4. The molecule has 1 unspecified atom stereocenters. The average molecular weight is 348 g/mol. The van der Waals surface area contributed by atoms with Crippen molar-refractivity contribution in [3.63, 3.8) is 0 Å². The second-order valence-corrected chi connectivity index (χ2v) is 8.30. The fourth-order valence-corrected chi connectivity index (χ4v) is 4.20. The molecule has 3 nitrogen and oxygen atoms in total. The zero-order valence-electron chi connectivity index (χ0n) is 16.0. The van der Waals surface area contributed by atoms with Crippen molar-refractivity contribution in [2.24, 2.45) is 5.92 Å². The van der Waals surface area contributed by atoms with Crippen LogP contribution in [0.1, 0.15) is 42.9 Å². The highest BCUT2D eigenvalue weighted by Gasteiger charge is 2.51. The lowest BCUT2D eigenvalue weighted by atomic mass is 9.92. The number of hydrogen-bond donors (Lipinski definition) is 1. The van der Waals surface area contributed by atoms with E-state index in [2.05, 4.69) is 61.3 Å². The van der Waals surface area contributed by atoms with Crippen LogP contribution in [0, 0.1) is 19.8 Å². The van der Waals surface area contributed by atoms with Gasteiger partial charge < -0.3 is 10.2 Å². The van der Waals surface area contributed by atoms with Crippen molar-refractivity contribution in [3.05, 3.63) is 59.2 Å². The summed E-state index contributed by atoms with van der Waals surface area (Å²) in [7, 11) is 0. The minimum absolute atomic E-state index is 0.130. The summed E-state index contributed by atoms with van der Waals surface area (Å²) in [6, 6.07) is 14.8. The molecule has 1 saturated carbocycles. The Morgan fingerprint density at radius 2 is 1.73 bits per heavy atom. The maximum absolute atomic E-state index is 13.0. The van der Waals surface area contributed by atoms with Gasteiger partial charge in [-0.25, -0.2) is 0 Å². The SMILES string of the molecule is Cc1cc(C)cc(C2(C(=O)Nc3ccc(N4CCC(C)C4)cc3)CC2)c1. The van der Waals surface area contributed by atoms with Gasteiger partial charge in [0.05, 0.1) is 5.41 Å². The van der Waals surface area contributed by atoms with Crippen molar-refractivity contribution in [1.82, 2.24) is 0 Å². The molecule has 136 valence electrons. The summed E-state index contributed by atoms with van der Waals surface area (Å²) in [5.74, 6) is 0.895. The number of carbonyl (C=O) groups excluding carboxylic acids is 1. The molecule has 1 atom stereocenters. The number of aryl methyl sites for hydroxylation is 2. The fraction of sp³-hybridized carbons (Fsp3) is 0.435. The smallest absolute Gasteiger partial charge is 0.235 e. The number of benzene rings is 2. The zero-order chi connectivity index (χ0) is 18.3. The molecule has 3 heteroatoms. The van der Waals surface area contributed by atoms with Crippen LogP contribution in [0.4, 0.5) is 11.4 Å². The summed E-state index contributed by atoms with van der Waals surface area (Å²) in [5, 5.41) is 3.15. The van der Waals surface area contributed by atoms with Gasteiger partial charge in [0.25, 0.3) is 0 Å². The summed E-state index contributed by atoms with van der Waals surface area (Å²) >= 11 is 0. The highest BCUT2D eigenvalue weighted by molar-refractivity contribution is 6.01. The van der Waals surface area contributed by atoms with Gasteiger partial charge in [-0.15, -0.1) is 0 Å². The first kappa shape index (κ1) is 17.1. The summed E-state index contributed by atoms with van der Waals surface area (Å²) in [6.07, 6.45) is 3.13. The van der Waals surface area contributed by atoms with Gasteiger partial charge in [0.2, 0.25) is 5.91 Å². The van der Waals surface area contributed by atoms with Gasteiger partial charge in [-0.1, -0.05) is 36.2 Å². The van der Waals surface area contributed by atoms with E-state index >= 15 is 0 Å². The number of amides is 1. The van der Waals surface area contributed by atoms with Crippen LogP contribution in [0.5, 0.6) is 0 Å². The molecule has 1 N–H and O–H groups in total. The van der Waals surface area contributed by atoms with Crippen LogP contribution in [-0.4, -0.2) is 19.0 Å². The van der Waals surface area contributed by atoms with Crippen LogP contribution >= 0.6 is 0 Å². The Hall–Kier alpha value is -2.29. The Morgan fingerprint density at radius 1 is 1.08 bits per heavy atom. The van der Waals surface area contributed by atoms with Crippen molar-refractivity contribution >= 4 is 17.3 Å². The Morgan fingerprint density at radius 3 is 2.27 bits per heavy atom. The third-order valence-corrected chi connectivity index (χ3v) is 5.87. The molecule has 0 bridgehead atoms. The molecule has 1 amide bonds. The molecule has 2 aromatic carbocycles. The van der Waals surface area contributed by atoms with Gasteiger partial charge in [0, 0.05) is 24.5 Å². The zero-order valence-corrected chi connectivity index (χ0v) is 16.0. The lowest BCUT2D eigenvalue weighted by molar-refractivity contribution is -0.118. The van der Waals surface area contributed by atoms with Crippen molar-refractivity contribution in [3.8, 4) is 0 Å². The van der Waals surface area contributed by atoms with E-state index < -0.39 is 0 Å². The number of hydrogen-bond acceptors (Lipinski definition) is 2. The molecular formula is C23H28N2O. The molecule has 2 fully saturated rings. The van der Waals surface area contributed by atoms with Gasteiger partial charge in [-0.2, -0.15) is 0 Å². The molecule has 1 aliphatic carbocycles. The molecular weight excluding hydrogens is 320 g/mol. The van der Waals surface area contributed by atoms with E-state index in [9.17, 15) is 4.79 Å². The number of carbonyl (C=O) groups is 1. The van der Waals surface area contributed by atoms with Crippen LogP contribution < -0.4 is 10.2 Å². The first-order valence-electron chi connectivity index (χ1n) is 9.71. The van der Waals surface area contributed by atoms with Crippen molar-refractivity contribution in [1.29, 1.82) is 0 Å². The van der Waals surface area contributed by atoms with Gasteiger partial charge in [0.15, 0.2) is 0 Å². The molecule has 1 heterocycles. The van der Waals surface area contributed by atoms with E-state index in [4.69, 9.17) is 0 Å². The largest absolute Gasteiger partial charge is 0.371 e. The Labute approximate surface area is 156 Å². The molecule has 2 aliphatic rings. The van der Waals surface area contributed by atoms with E-state index in [1.165, 1.54) is 23.2 Å². The van der Waals surface area contributed by atoms with E-state index in [-0.39, 0.29) is 11.3 Å². The highest BCUT2D eigenvalue weighted by Crippen LogP contribution is 2.49. The second-order valence-electron chi connectivity index (χ2n) is 8.30. The minimum Gasteiger partial charge on any atom is -0.371 e. The Balaban J connectivity index is 1.48. The van der Waals surface area contributed by atoms with Crippen LogP contribution in [0.2, 0.25) is 0 Å². The van der Waals surface area contributed by atoms with Crippen LogP contribution in [-0.2, 0) is 10.2 Å². The quantitative estimate of drug-likeness (QED) is 0.859. The van der Waals surface area contributed by atoms with Gasteiger partial charge in [-0.05, 0) is 68.9 Å². The first-order chi connectivity index (χ1) is 12.5. The van der Waals surface area contributed by atoms with Crippen molar-refractivity contribution in [2.45, 2.75) is 45.4 Å². The molecule has 0 aromatic heterocycles. The predicted octanol–water partition coefficient (Wildman–Crippen LogP) is 4.82. The Bertz CT molecular complexity index is 800. The number of anilines is 2. The summed E-state index contributed by atoms with van der Waals surface area (Å²) in [5.41, 5.74) is 5.42. The third-order valence-electron chi connectivity index (χ3n) is 5.87. The summed E-state index contributed by atoms with van der Waals surface area (Å²) in [6.45, 7) is 8.76. The minimum atomic E-state index is -0.333. The number of nitrogens with one attached hydrogen (secondary N) is 1. The maximum Gasteiger partial charge on any atom is 0.235 e. The van der Waals surface area contributed by atoms with Crippen molar-refractivity contribution in [2.75, 3.05) is 23.3 Å². The lowest BCUT2D eigenvalue weighted by Crippen LogP contribution is -2.28. The van der Waals surface area contributed by atoms with E-state index in [1.807, 2.05) is 12.1 Å². The molecule has 0 spiro atoms. The van der Waals surface area contributed by atoms with E-state index in [0.29, 0.717) is 0 Å². The Kier molecular flexibility index (Phi) is 4.26. The molecule has 2 aromatic rings. The van der Waals surface area contributed by atoms with Crippen LogP contribution in [0.3, 0.4) is 0 Å². The van der Waals surface area contributed by atoms with Crippen molar-refractivity contribution < 1.29 is 4.79 Å². The third kappa shape index (κ3) is 3.23. The lowest BCUT2D eigenvalue weighted by Gasteiger charge is -2.20. The normalized spacial score (nSPS) is 20.9. The fourth-order valence-electron chi connectivity index (χ4n) is 4.20. The van der Waals surface area contributed by atoms with E-state index in [1.54, 1.807) is 0 Å². The standard InChI is InChI=1S/C23H28N2O/c1-16-8-11-25(15-16)21-6-4-20(5-7-21)24-22(26)23(9-10-23)19-13-17(2)12-18(3)14-19/h4-7,12-14,16H,8-11,15H2,1-3H3,(H,24,26). The van der Waals surface area contributed by atoms with Gasteiger partial charge in [-0.3, -0.25) is 4.79 Å². The van der Waals surface area contributed by atoms with Gasteiger partial charge in [0.1, 0.15) is 0 Å². The summed E-state index contributed by atoms with van der Waals surface area (Å²) in [4.78, 5) is 15.4. The molecule has 4 rings (SSSR count). The molecule has 26 heavy (non-hydrogen) atoms. The highest BCUT2D eigenvalue weighted by atomic mass is 16.2. The summed E-state index contributed by atoms with van der Waals surface area (Å²) < 4.78 is 0. The average Bonchev–Trinajstić information content (AvgIpc) is 3.31. The van der Waals surface area contributed by atoms with E-state index in [0.717, 1.165) is 43.1 Å². The first-order valence-corrected chi connectivity index (χ1v) is 9.71. The predicted molar refractivity (Wildman–Crippen MR) is 108 cm³/mol. The van der Waals surface area contributed by atoms with Crippen LogP contribution in [0.25, 0.3) is 0 Å². The maximum atomic E-state index is 13.0. The molecule has 0 radical (unpaired) electrons. The monoisotopic (exact) mass is 348 g/mol. The van der Waals surface area contributed by atoms with Gasteiger partial charge >= 0.3 is 0 Å². The second kappa shape index (κ2) is 6.46. The van der Waals surface area contributed by atoms with Crippen LogP contribution in [0.15, 0.2) is 42.5 Å². The number of nitrogens with zero attached hydrogens (tertiary/aromatic N) is 1.